The van der Waals surface area contributed by atoms with Gasteiger partial charge in [-0.3, -0.25) is 24.3 Å². The van der Waals surface area contributed by atoms with Gasteiger partial charge in [-0.2, -0.15) is 5.10 Å². The van der Waals surface area contributed by atoms with Crippen molar-refractivity contribution in [3.63, 3.8) is 0 Å². The Morgan fingerprint density at radius 2 is 1.96 bits per heavy atom. The van der Waals surface area contributed by atoms with E-state index in [9.17, 15) is 4.79 Å². The first-order valence-corrected chi connectivity index (χ1v) is 9.66. The number of carbonyl (C=O) groups is 1. The summed E-state index contributed by atoms with van der Waals surface area (Å²) >= 11 is 0. The highest BCUT2D eigenvalue weighted by atomic mass is 16.1. The van der Waals surface area contributed by atoms with Crippen molar-refractivity contribution in [2.75, 3.05) is 33.2 Å². The van der Waals surface area contributed by atoms with Crippen molar-refractivity contribution < 1.29 is 4.79 Å². The Morgan fingerprint density at radius 1 is 1.11 bits per heavy atom. The van der Waals surface area contributed by atoms with Crippen LogP contribution in [0.3, 0.4) is 0 Å². The second kappa shape index (κ2) is 7.77. The molecule has 4 rings (SSSR count). The molecule has 1 saturated heterocycles. The van der Waals surface area contributed by atoms with Gasteiger partial charge in [-0.15, -0.1) is 0 Å². The Kier molecular flexibility index (Phi) is 5.19. The SMILES string of the molecule is C[C@H]1CN(C)CCN1CC(=O)Cc1cc2cc(-c3cnn(C)c3)cnc2cn1. The van der Waals surface area contributed by atoms with Gasteiger partial charge in [0, 0.05) is 67.3 Å². The molecule has 146 valence electrons. The maximum Gasteiger partial charge on any atom is 0.152 e. The van der Waals surface area contributed by atoms with Crippen molar-refractivity contribution in [2.45, 2.75) is 19.4 Å². The summed E-state index contributed by atoms with van der Waals surface area (Å²) < 4.78 is 1.77. The minimum atomic E-state index is 0.208. The number of likely N-dealkylation sites (N-methyl/N-ethyl adjacent to an activating group) is 1. The Hall–Kier alpha value is -2.64. The fourth-order valence-electron chi connectivity index (χ4n) is 3.80. The van der Waals surface area contributed by atoms with Gasteiger partial charge < -0.3 is 4.90 Å². The molecule has 1 atom stereocenters. The number of rotatable bonds is 5. The first-order chi connectivity index (χ1) is 13.5. The molecule has 0 amide bonds. The second-order valence-corrected chi connectivity index (χ2v) is 7.79. The average Bonchev–Trinajstić information content (AvgIpc) is 3.10. The molecule has 0 aliphatic carbocycles. The Bertz CT molecular complexity index is 997. The summed E-state index contributed by atoms with van der Waals surface area (Å²) in [7, 11) is 4.02. The van der Waals surface area contributed by atoms with Crippen LogP contribution in [-0.4, -0.2) is 74.6 Å². The second-order valence-electron chi connectivity index (χ2n) is 7.79. The molecule has 7 nitrogen and oxygen atoms in total. The maximum atomic E-state index is 12.6. The average molecular weight is 378 g/mol. The third-order valence-electron chi connectivity index (χ3n) is 5.39. The molecule has 1 aliphatic rings. The minimum absolute atomic E-state index is 0.208. The van der Waals surface area contributed by atoms with Crippen molar-refractivity contribution in [2.24, 2.45) is 7.05 Å². The summed E-state index contributed by atoms with van der Waals surface area (Å²) in [5.74, 6) is 0.208. The number of piperazine rings is 1. The predicted octanol–water partition coefficient (Wildman–Crippen LogP) is 1.78. The number of aromatic nitrogens is 4. The van der Waals surface area contributed by atoms with Gasteiger partial charge in [0.05, 0.1) is 30.9 Å². The van der Waals surface area contributed by atoms with Crippen LogP contribution in [0, 0.1) is 0 Å². The lowest BCUT2D eigenvalue weighted by Crippen LogP contribution is -2.52. The van der Waals surface area contributed by atoms with Crippen molar-refractivity contribution in [1.82, 2.24) is 29.5 Å². The van der Waals surface area contributed by atoms with Gasteiger partial charge in [0.1, 0.15) is 0 Å². The van der Waals surface area contributed by atoms with E-state index in [1.807, 2.05) is 31.7 Å². The largest absolute Gasteiger partial charge is 0.304 e. The fourth-order valence-corrected chi connectivity index (χ4v) is 3.80. The van der Waals surface area contributed by atoms with E-state index in [4.69, 9.17) is 0 Å². The van der Waals surface area contributed by atoms with Gasteiger partial charge in [-0.05, 0) is 26.1 Å². The number of Topliss-reactive ketones (excluding diaryl/α,β-unsaturated/α-hetero) is 1. The number of carbonyl (C=O) groups excluding carboxylic acids is 1. The van der Waals surface area contributed by atoms with Crippen molar-refractivity contribution in [3.05, 3.63) is 42.6 Å². The van der Waals surface area contributed by atoms with E-state index in [0.717, 1.165) is 47.4 Å². The fraction of sp³-hybridized carbons (Fsp3) is 0.429. The third kappa shape index (κ3) is 4.10. The molecule has 0 bridgehead atoms. The minimum Gasteiger partial charge on any atom is -0.304 e. The van der Waals surface area contributed by atoms with Crippen LogP contribution < -0.4 is 0 Å². The van der Waals surface area contributed by atoms with E-state index in [-0.39, 0.29) is 5.78 Å². The van der Waals surface area contributed by atoms with Crippen LogP contribution in [0.1, 0.15) is 12.6 Å². The Labute approximate surface area is 165 Å². The summed E-state index contributed by atoms with van der Waals surface area (Å²) in [6, 6.07) is 4.46. The van der Waals surface area contributed by atoms with Gasteiger partial charge in [0.15, 0.2) is 5.78 Å². The molecule has 28 heavy (non-hydrogen) atoms. The normalized spacial score (nSPS) is 18.6. The van der Waals surface area contributed by atoms with E-state index < -0.39 is 0 Å². The molecule has 4 heterocycles. The summed E-state index contributed by atoms with van der Waals surface area (Å²) in [6.07, 6.45) is 7.73. The first-order valence-electron chi connectivity index (χ1n) is 9.66. The van der Waals surface area contributed by atoms with E-state index in [2.05, 4.69) is 44.9 Å². The zero-order valence-corrected chi connectivity index (χ0v) is 16.7. The number of nitrogens with zero attached hydrogens (tertiary/aromatic N) is 6. The van der Waals surface area contributed by atoms with Crippen LogP contribution >= 0.6 is 0 Å². The highest BCUT2D eigenvalue weighted by Gasteiger charge is 2.23. The van der Waals surface area contributed by atoms with E-state index in [0.29, 0.717) is 19.0 Å². The Morgan fingerprint density at radius 3 is 2.71 bits per heavy atom. The van der Waals surface area contributed by atoms with Crippen molar-refractivity contribution in [1.29, 1.82) is 0 Å². The predicted molar refractivity (Wildman–Crippen MR) is 109 cm³/mol. The quantitative estimate of drug-likeness (QED) is 0.674. The van der Waals surface area contributed by atoms with E-state index in [1.165, 1.54) is 0 Å². The van der Waals surface area contributed by atoms with Crippen LogP contribution in [0.15, 0.2) is 36.9 Å². The smallest absolute Gasteiger partial charge is 0.152 e. The summed E-state index contributed by atoms with van der Waals surface area (Å²) in [6.45, 7) is 5.62. The molecule has 0 saturated carbocycles. The maximum absolute atomic E-state index is 12.6. The lowest BCUT2D eigenvalue weighted by Gasteiger charge is -2.37. The molecule has 0 spiro atoms. The monoisotopic (exact) mass is 378 g/mol. The molecule has 3 aromatic rings. The molecule has 0 aromatic carbocycles. The van der Waals surface area contributed by atoms with Crippen molar-refractivity contribution >= 4 is 16.7 Å². The number of aryl methyl sites for hydroxylation is 1. The highest BCUT2D eigenvalue weighted by molar-refractivity contribution is 5.86. The molecule has 1 fully saturated rings. The number of hydrogen-bond donors (Lipinski definition) is 0. The lowest BCUT2D eigenvalue weighted by molar-refractivity contribution is -0.120. The van der Waals surface area contributed by atoms with Crippen LogP contribution in [0.25, 0.3) is 22.0 Å². The van der Waals surface area contributed by atoms with Gasteiger partial charge in [0.25, 0.3) is 0 Å². The van der Waals surface area contributed by atoms with Gasteiger partial charge in [0.2, 0.25) is 0 Å². The lowest BCUT2D eigenvalue weighted by atomic mass is 10.1. The molecule has 7 heteroatoms. The van der Waals surface area contributed by atoms with Crippen LogP contribution in [0.4, 0.5) is 0 Å². The van der Waals surface area contributed by atoms with E-state index >= 15 is 0 Å². The molecule has 0 radical (unpaired) electrons. The molecular formula is C21H26N6O. The first kappa shape index (κ1) is 18.7. The van der Waals surface area contributed by atoms with Crippen LogP contribution in [-0.2, 0) is 18.3 Å². The summed E-state index contributed by atoms with van der Waals surface area (Å²) in [5.41, 5.74) is 3.66. The molecule has 0 unspecified atom stereocenters. The molecule has 0 N–H and O–H groups in total. The summed E-state index contributed by atoms with van der Waals surface area (Å²) in [4.78, 5) is 26.1. The summed E-state index contributed by atoms with van der Waals surface area (Å²) in [5, 5.41) is 5.21. The number of fused-ring (bicyclic) bond motifs is 1. The number of pyridine rings is 2. The number of ketones is 1. The third-order valence-corrected chi connectivity index (χ3v) is 5.39. The van der Waals surface area contributed by atoms with Gasteiger partial charge in [-0.1, -0.05) is 0 Å². The molecule has 1 aliphatic heterocycles. The zero-order valence-electron chi connectivity index (χ0n) is 16.7. The topological polar surface area (TPSA) is 67.2 Å². The van der Waals surface area contributed by atoms with Gasteiger partial charge in [-0.25, -0.2) is 0 Å². The standard InChI is InChI=1S/C21H26N6O/c1-15-12-25(2)4-5-27(15)14-20(28)8-19-7-16-6-17(9-23-21(16)11-22-19)18-10-24-26(3)13-18/h6-7,9-11,13,15H,4-5,8,12,14H2,1-3H3/t15-/m0/s1. The van der Waals surface area contributed by atoms with Crippen molar-refractivity contribution in [3.8, 4) is 11.1 Å². The highest BCUT2D eigenvalue weighted by Crippen LogP contribution is 2.22. The number of hydrogen-bond acceptors (Lipinski definition) is 6. The van der Waals surface area contributed by atoms with Gasteiger partial charge >= 0.3 is 0 Å². The van der Waals surface area contributed by atoms with Crippen LogP contribution in [0.5, 0.6) is 0 Å². The zero-order chi connectivity index (χ0) is 19.7. The molecular weight excluding hydrogens is 352 g/mol. The van der Waals surface area contributed by atoms with Crippen LogP contribution in [0.2, 0.25) is 0 Å². The Balaban J connectivity index is 1.48. The van der Waals surface area contributed by atoms with E-state index in [1.54, 1.807) is 10.9 Å². The molecule has 3 aromatic heterocycles.